The van der Waals surface area contributed by atoms with Crippen LogP contribution >= 0.6 is 15.9 Å². The summed E-state index contributed by atoms with van der Waals surface area (Å²) < 4.78 is 41.7. The van der Waals surface area contributed by atoms with E-state index in [1.165, 1.54) is 0 Å². The van der Waals surface area contributed by atoms with Crippen LogP contribution in [-0.2, 0) is 23.6 Å². The fraction of sp³-hybridized carbons (Fsp3) is 0.182. The molecule has 0 radical (unpaired) electrons. The van der Waals surface area contributed by atoms with Gasteiger partial charge in [-0.25, -0.2) is 22.5 Å². The number of aromatic nitrogens is 2. The minimum atomic E-state index is -3.82. The number of aryl methyl sites for hydroxylation is 1. The van der Waals surface area contributed by atoms with Crippen molar-refractivity contribution in [2.75, 3.05) is 5.73 Å². The summed E-state index contributed by atoms with van der Waals surface area (Å²) in [6, 6.07) is 2.09. The first-order chi connectivity index (χ1) is 9.31. The van der Waals surface area contributed by atoms with Crippen molar-refractivity contribution in [2.24, 2.45) is 7.05 Å². The van der Waals surface area contributed by atoms with Crippen LogP contribution in [0.3, 0.4) is 0 Å². The Labute approximate surface area is 124 Å². The van der Waals surface area contributed by atoms with E-state index in [-0.39, 0.29) is 21.6 Å². The highest BCUT2D eigenvalue weighted by Crippen LogP contribution is 2.26. The van der Waals surface area contributed by atoms with Gasteiger partial charge in [-0.05, 0) is 28.1 Å². The maximum atomic E-state index is 13.2. The summed E-state index contributed by atoms with van der Waals surface area (Å²) in [6.07, 6.45) is 3.27. The third kappa shape index (κ3) is 3.00. The number of hydrogen-bond donors (Lipinski definition) is 2. The number of imidazole rings is 1. The Morgan fingerprint density at radius 2 is 2.20 bits per heavy atom. The number of halogens is 2. The fourth-order valence-corrected chi connectivity index (χ4v) is 3.58. The van der Waals surface area contributed by atoms with Crippen LogP contribution in [0, 0.1) is 5.82 Å². The molecule has 0 spiro atoms. The van der Waals surface area contributed by atoms with Gasteiger partial charge in [0.25, 0.3) is 0 Å². The molecule has 0 saturated carbocycles. The molecule has 1 heterocycles. The van der Waals surface area contributed by atoms with E-state index >= 15 is 0 Å². The Bertz CT molecular complexity index is 745. The van der Waals surface area contributed by atoms with Gasteiger partial charge in [-0.1, -0.05) is 0 Å². The lowest BCUT2D eigenvalue weighted by Gasteiger charge is -2.09. The first-order valence-corrected chi connectivity index (χ1v) is 7.79. The molecule has 6 nitrogen and oxygen atoms in total. The summed E-state index contributed by atoms with van der Waals surface area (Å²) in [4.78, 5) is 3.89. The standard InChI is InChI=1S/C11H12BrFN4O2S/c1-17-3-2-15-11(17)6-16-20(18,19)10-5-9(14)8(13)4-7(10)12/h2-5,16H,6,14H2,1H3. The van der Waals surface area contributed by atoms with Crippen LogP contribution < -0.4 is 10.5 Å². The molecule has 0 aliphatic rings. The number of hydrogen-bond acceptors (Lipinski definition) is 4. The smallest absolute Gasteiger partial charge is 0.242 e. The van der Waals surface area contributed by atoms with E-state index < -0.39 is 15.8 Å². The van der Waals surface area contributed by atoms with Crippen LogP contribution in [0.2, 0.25) is 0 Å². The van der Waals surface area contributed by atoms with Crippen molar-refractivity contribution in [1.82, 2.24) is 14.3 Å². The maximum absolute atomic E-state index is 13.2. The van der Waals surface area contributed by atoms with Crippen LogP contribution in [-0.4, -0.2) is 18.0 Å². The Hall–Kier alpha value is -1.45. The SMILES string of the molecule is Cn1ccnc1CNS(=O)(=O)c1cc(N)c(F)cc1Br. The molecule has 0 atom stereocenters. The number of nitrogen functional groups attached to an aromatic ring is 1. The maximum Gasteiger partial charge on any atom is 0.242 e. The van der Waals surface area contributed by atoms with Crippen LogP contribution in [0.15, 0.2) is 33.9 Å². The fourth-order valence-electron chi connectivity index (χ4n) is 1.55. The van der Waals surface area contributed by atoms with E-state index in [9.17, 15) is 12.8 Å². The Morgan fingerprint density at radius 3 is 2.80 bits per heavy atom. The number of nitrogens with two attached hydrogens (primary N) is 1. The van der Waals surface area contributed by atoms with Crippen molar-refractivity contribution in [1.29, 1.82) is 0 Å². The van der Waals surface area contributed by atoms with Gasteiger partial charge in [0.05, 0.1) is 17.1 Å². The van der Waals surface area contributed by atoms with Crippen molar-refractivity contribution in [3.63, 3.8) is 0 Å². The average molecular weight is 363 g/mol. The third-order valence-corrected chi connectivity index (χ3v) is 5.04. The van der Waals surface area contributed by atoms with Gasteiger partial charge >= 0.3 is 0 Å². The number of nitrogens with one attached hydrogen (secondary N) is 1. The lowest BCUT2D eigenvalue weighted by molar-refractivity contribution is 0.576. The van der Waals surface area contributed by atoms with Gasteiger partial charge in [0.2, 0.25) is 10.0 Å². The minimum Gasteiger partial charge on any atom is -0.396 e. The van der Waals surface area contributed by atoms with E-state index in [2.05, 4.69) is 25.6 Å². The predicted octanol–water partition coefficient (Wildman–Crippen LogP) is 1.38. The van der Waals surface area contributed by atoms with Crippen molar-refractivity contribution < 1.29 is 12.8 Å². The Morgan fingerprint density at radius 1 is 1.50 bits per heavy atom. The molecular weight excluding hydrogens is 351 g/mol. The normalized spacial score (nSPS) is 11.8. The second-order valence-corrected chi connectivity index (χ2v) is 6.67. The molecule has 0 aliphatic carbocycles. The molecule has 0 bridgehead atoms. The molecule has 0 fully saturated rings. The highest BCUT2D eigenvalue weighted by atomic mass is 79.9. The van der Waals surface area contributed by atoms with Crippen LogP contribution in [0.25, 0.3) is 0 Å². The minimum absolute atomic E-state index is 0.0234. The molecule has 0 unspecified atom stereocenters. The molecule has 1 aromatic heterocycles. The molecular formula is C11H12BrFN4O2S. The molecule has 0 aliphatic heterocycles. The van der Waals surface area contributed by atoms with Gasteiger partial charge < -0.3 is 10.3 Å². The zero-order valence-corrected chi connectivity index (χ0v) is 12.9. The van der Waals surface area contributed by atoms with Crippen molar-refractivity contribution in [3.8, 4) is 0 Å². The molecule has 0 amide bonds. The summed E-state index contributed by atoms with van der Waals surface area (Å²) in [5.74, 6) is -0.125. The lowest BCUT2D eigenvalue weighted by Crippen LogP contribution is -2.25. The zero-order valence-electron chi connectivity index (χ0n) is 10.5. The van der Waals surface area contributed by atoms with E-state index in [1.807, 2.05) is 0 Å². The molecule has 3 N–H and O–H groups in total. The summed E-state index contributed by atoms with van der Waals surface area (Å²) in [5, 5.41) is 0. The summed E-state index contributed by atoms with van der Waals surface area (Å²) in [7, 11) is -2.07. The van der Waals surface area contributed by atoms with Gasteiger partial charge in [-0.3, -0.25) is 0 Å². The molecule has 2 rings (SSSR count). The highest BCUT2D eigenvalue weighted by Gasteiger charge is 2.20. The molecule has 108 valence electrons. The largest absolute Gasteiger partial charge is 0.396 e. The van der Waals surface area contributed by atoms with Crippen molar-refractivity contribution >= 4 is 31.6 Å². The molecule has 1 aromatic carbocycles. The Balaban J connectivity index is 2.27. The van der Waals surface area contributed by atoms with Gasteiger partial charge in [-0.2, -0.15) is 0 Å². The van der Waals surface area contributed by atoms with Gasteiger partial charge in [0.1, 0.15) is 11.6 Å². The van der Waals surface area contributed by atoms with Gasteiger partial charge in [0, 0.05) is 23.9 Å². The van der Waals surface area contributed by atoms with E-state index in [0.29, 0.717) is 5.82 Å². The van der Waals surface area contributed by atoms with E-state index in [1.54, 1.807) is 24.0 Å². The summed E-state index contributed by atoms with van der Waals surface area (Å²) in [6.45, 7) is 0.0234. The number of rotatable bonds is 4. The first kappa shape index (κ1) is 14.9. The number of sulfonamides is 1. The lowest BCUT2D eigenvalue weighted by atomic mass is 10.3. The number of nitrogens with zero attached hydrogens (tertiary/aromatic N) is 2. The highest BCUT2D eigenvalue weighted by molar-refractivity contribution is 9.10. The molecule has 0 saturated heterocycles. The molecule has 9 heteroatoms. The second kappa shape index (κ2) is 5.51. The average Bonchev–Trinajstić information content (AvgIpc) is 2.77. The summed E-state index contributed by atoms with van der Waals surface area (Å²) >= 11 is 3.01. The quantitative estimate of drug-likeness (QED) is 0.804. The monoisotopic (exact) mass is 362 g/mol. The first-order valence-electron chi connectivity index (χ1n) is 5.51. The Kier molecular flexibility index (Phi) is 4.11. The number of anilines is 1. The molecule has 2 aromatic rings. The topological polar surface area (TPSA) is 90.0 Å². The summed E-state index contributed by atoms with van der Waals surface area (Å²) in [5.41, 5.74) is 5.17. The number of benzene rings is 1. The zero-order chi connectivity index (χ0) is 14.9. The van der Waals surface area contributed by atoms with E-state index in [0.717, 1.165) is 12.1 Å². The van der Waals surface area contributed by atoms with Crippen LogP contribution in [0.5, 0.6) is 0 Å². The van der Waals surface area contributed by atoms with Gasteiger partial charge in [0.15, 0.2) is 0 Å². The predicted molar refractivity (Wildman–Crippen MR) is 75.7 cm³/mol. The molecule has 20 heavy (non-hydrogen) atoms. The van der Waals surface area contributed by atoms with Crippen LogP contribution in [0.4, 0.5) is 10.1 Å². The van der Waals surface area contributed by atoms with Gasteiger partial charge in [-0.15, -0.1) is 0 Å². The third-order valence-electron chi connectivity index (χ3n) is 2.68. The second-order valence-electron chi connectivity index (χ2n) is 4.08. The van der Waals surface area contributed by atoms with Crippen molar-refractivity contribution in [2.45, 2.75) is 11.4 Å². The van der Waals surface area contributed by atoms with E-state index in [4.69, 9.17) is 5.73 Å². The van der Waals surface area contributed by atoms with Crippen molar-refractivity contribution in [3.05, 3.63) is 40.6 Å². The van der Waals surface area contributed by atoms with Crippen LogP contribution in [0.1, 0.15) is 5.82 Å².